The highest BCUT2D eigenvalue weighted by Gasteiger charge is 2.08. The summed E-state index contributed by atoms with van der Waals surface area (Å²) < 4.78 is 3.90. The molecular weight excluding hydrogens is 216 g/mol. The van der Waals surface area contributed by atoms with Crippen LogP contribution in [0.15, 0.2) is 24.8 Å². The van der Waals surface area contributed by atoms with E-state index >= 15 is 0 Å². The maximum atomic E-state index is 9.87. The van der Waals surface area contributed by atoms with Crippen LogP contribution < -0.4 is 0 Å². The molecule has 0 amide bonds. The van der Waals surface area contributed by atoms with Crippen LogP contribution in [0.3, 0.4) is 0 Å². The third kappa shape index (κ3) is 2.74. The molecule has 2 heterocycles. The topological polar surface area (TPSA) is 55.9 Å². The fraction of sp³-hybridized carbons (Fsp3) is 0.500. The zero-order valence-corrected chi connectivity index (χ0v) is 10.2. The molecule has 2 rings (SSSR count). The predicted molar refractivity (Wildman–Crippen MR) is 64.4 cm³/mol. The minimum Gasteiger partial charge on any atom is -0.388 e. The van der Waals surface area contributed by atoms with Gasteiger partial charge in [0, 0.05) is 19.4 Å². The first-order valence-corrected chi connectivity index (χ1v) is 5.87. The van der Waals surface area contributed by atoms with Crippen molar-refractivity contribution in [3.63, 3.8) is 0 Å². The zero-order valence-electron chi connectivity index (χ0n) is 10.2. The summed E-state index contributed by atoms with van der Waals surface area (Å²) in [6, 6.07) is 1.96. The number of hydrogen-bond acceptors (Lipinski definition) is 3. The highest BCUT2D eigenvalue weighted by atomic mass is 16.3. The SMILES string of the molecule is CCCC(O)c1ccn(Cc2nncn2C)c1. The van der Waals surface area contributed by atoms with Crippen LogP contribution in [-0.4, -0.2) is 24.4 Å². The lowest BCUT2D eigenvalue weighted by molar-refractivity contribution is 0.166. The molecule has 0 spiro atoms. The van der Waals surface area contributed by atoms with Crippen LogP contribution in [0, 0.1) is 0 Å². The second-order valence-electron chi connectivity index (χ2n) is 4.28. The first kappa shape index (κ1) is 11.9. The molecule has 2 aromatic rings. The molecule has 5 nitrogen and oxygen atoms in total. The molecule has 17 heavy (non-hydrogen) atoms. The van der Waals surface area contributed by atoms with E-state index in [4.69, 9.17) is 0 Å². The molecule has 1 atom stereocenters. The summed E-state index contributed by atoms with van der Waals surface area (Å²) in [7, 11) is 1.92. The Bertz CT molecular complexity index is 474. The van der Waals surface area contributed by atoms with Crippen molar-refractivity contribution in [2.45, 2.75) is 32.4 Å². The Morgan fingerprint density at radius 2 is 2.29 bits per heavy atom. The average molecular weight is 234 g/mol. The van der Waals surface area contributed by atoms with E-state index in [1.165, 1.54) is 0 Å². The highest BCUT2D eigenvalue weighted by molar-refractivity contribution is 5.14. The van der Waals surface area contributed by atoms with E-state index in [1.807, 2.05) is 34.6 Å². The van der Waals surface area contributed by atoms with Crippen molar-refractivity contribution in [1.82, 2.24) is 19.3 Å². The monoisotopic (exact) mass is 234 g/mol. The number of nitrogens with zero attached hydrogens (tertiary/aromatic N) is 4. The van der Waals surface area contributed by atoms with Gasteiger partial charge in [0.15, 0.2) is 5.82 Å². The van der Waals surface area contributed by atoms with Crippen LogP contribution in [0.2, 0.25) is 0 Å². The Kier molecular flexibility index (Phi) is 3.58. The molecule has 0 aromatic carbocycles. The van der Waals surface area contributed by atoms with Gasteiger partial charge in [0.2, 0.25) is 0 Å². The minimum absolute atomic E-state index is 0.360. The van der Waals surface area contributed by atoms with Gasteiger partial charge in [-0.3, -0.25) is 0 Å². The van der Waals surface area contributed by atoms with Crippen molar-refractivity contribution >= 4 is 0 Å². The summed E-state index contributed by atoms with van der Waals surface area (Å²) in [5.74, 6) is 0.900. The Balaban J connectivity index is 2.06. The summed E-state index contributed by atoms with van der Waals surface area (Å²) in [4.78, 5) is 0. The molecule has 0 aliphatic rings. The van der Waals surface area contributed by atoms with E-state index in [2.05, 4.69) is 17.1 Å². The summed E-state index contributed by atoms with van der Waals surface area (Å²) in [6.45, 7) is 2.75. The summed E-state index contributed by atoms with van der Waals surface area (Å²) >= 11 is 0. The van der Waals surface area contributed by atoms with E-state index in [1.54, 1.807) is 6.33 Å². The first-order chi connectivity index (χ1) is 8.20. The van der Waals surface area contributed by atoms with Gasteiger partial charge >= 0.3 is 0 Å². The number of rotatable bonds is 5. The quantitative estimate of drug-likeness (QED) is 0.853. The summed E-state index contributed by atoms with van der Waals surface area (Å²) in [5, 5.41) is 17.7. The van der Waals surface area contributed by atoms with Crippen LogP contribution in [0.1, 0.15) is 37.3 Å². The molecule has 92 valence electrons. The minimum atomic E-state index is -0.360. The molecule has 0 saturated carbocycles. The lowest BCUT2D eigenvalue weighted by Gasteiger charge is -2.06. The highest BCUT2D eigenvalue weighted by Crippen LogP contribution is 2.18. The van der Waals surface area contributed by atoms with E-state index in [-0.39, 0.29) is 6.10 Å². The molecule has 0 fully saturated rings. The van der Waals surface area contributed by atoms with Crippen molar-refractivity contribution < 1.29 is 5.11 Å². The van der Waals surface area contributed by atoms with Gasteiger partial charge in [-0.1, -0.05) is 13.3 Å². The molecular formula is C12H18N4O. The number of aliphatic hydroxyl groups excluding tert-OH is 1. The Morgan fingerprint density at radius 1 is 1.47 bits per heavy atom. The number of hydrogen-bond donors (Lipinski definition) is 1. The third-order valence-electron chi connectivity index (χ3n) is 2.85. The second-order valence-corrected chi connectivity index (χ2v) is 4.28. The largest absolute Gasteiger partial charge is 0.388 e. The number of aryl methyl sites for hydroxylation is 1. The summed E-state index contributed by atoms with van der Waals surface area (Å²) in [5.41, 5.74) is 0.967. The van der Waals surface area contributed by atoms with Gasteiger partial charge in [0.05, 0.1) is 12.6 Å². The van der Waals surface area contributed by atoms with Crippen LogP contribution in [0.25, 0.3) is 0 Å². The molecule has 1 unspecified atom stereocenters. The van der Waals surface area contributed by atoms with Crippen molar-refractivity contribution in [3.05, 3.63) is 36.2 Å². The smallest absolute Gasteiger partial charge is 0.152 e. The number of aliphatic hydroxyl groups is 1. The van der Waals surface area contributed by atoms with Gasteiger partial charge < -0.3 is 14.2 Å². The van der Waals surface area contributed by atoms with E-state index in [9.17, 15) is 5.11 Å². The first-order valence-electron chi connectivity index (χ1n) is 5.87. The Morgan fingerprint density at radius 3 is 2.94 bits per heavy atom. The van der Waals surface area contributed by atoms with Crippen LogP contribution in [0.5, 0.6) is 0 Å². The van der Waals surface area contributed by atoms with Gasteiger partial charge in [-0.05, 0) is 18.1 Å². The van der Waals surface area contributed by atoms with Gasteiger partial charge in [-0.2, -0.15) is 0 Å². The van der Waals surface area contributed by atoms with Gasteiger partial charge in [-0.25, -0.2) is 0 Å². The molecule has 5 heteroatoms. The van der Waals surface area contributed by atoms with E-state index in [0.29, 0.717) is 6.54 Å². The molecule has 0 aliphatic carbocycles. The van der Waals surface area contributed by atoms with Crippen molar-refractivity contribution in [3.8, 4) is 0 Å². The zero-order chi connectivity index (χ0) is 12.3. The van der Waals surface area contributed by atoms with Crippen molar-refractivity contribution in [1.29, 1.82) is 0 Å². The van der Waals surface area contributed by atoms with Crippen LogP contribution >= 0.6 is 0 Å². The third-order valence-corrected chi connectivity index (χ3v) is 2.85. The lowest BCUT2D eigenvalue weighted by Crippen LogP contribution is -2.04. The maximum Gasteiger partial charge on any atom is 0.152 e. The van der Waals surface area contributed by atoms with Crippen LogP contribution in [0.4, 0.5) is 0 Å². The Hall–Kier alpha value is -1.62. The van der Waals surface area contributed by atoms with E-state index in [0.717, 1.165) is 24.2 Å². The Labute approximate surface area is 101 Å². The second kappa shape index (κ2) is 5.14. The molecule has 1 N–H and O–H groups in total. The molecule has 0 bridgehead atoms. The van der Waals surface area contributed by atoms with Crippen molar-refractivity contribution in [2.75, 3.05) is 0 Å². The average Bonchev–Trinajstić information content (AvgIpc) is 2.90. The standard InChI is InChI=1S/C12H18N4O/c1-3-4-11(17)10-5-6-16(7-10)8-12-14-13-9-15(12)2/h5-7,9,11,17H,3-4,8H2,1-2H3. The van der Waals surface area contributed by atoms with Gasteiger partial charge in [-0.15, -0.1) is 10.2 Å². The van der Waals surface area contributed by atoms with Gasteiger partial charge in [0.25, 0.3) is 0 Å². The number of aromatic nitrogens is 4. The lowest BCUT2D eigenvalue weighted by atomic mass is 10.1. The van der Waals surface area contributed by atoms with E-state index < -0.39 is 0 Å². The van der Waals surface area contributed by atoms with Crippen molar-refractivity contribution in [2.24, 2.45) is 7.05 Å². The summed E-state index contributed by atoms with van der Waals surface area (Å²) in [6.07, 6.45) is 7.04. The fourth-order valence-electron chi connectivity index (χ4n) is 1.81. The van der Waals surface area contributed by atoms with Crippen LogP contribution in [-0.2, 0) is 13.6 Å². The van der Waals surface area contributed by atoms with Gasteiger partial charge in [0.1, 0.15) is 6.33 Å². The predicted octanol–water partition coefficient (Wildman–Crippen LogP) is 1.50. The normalized spacial score (nSPS) is 12.9. The molecule has 0 aliphatic heterocycles. The maximum absolute atomic E-state index is 9.87. The fourth-order valence-corrected chi connectivity index (χ4v) is 1.81. The molecule has 0 radical (unpaired) electrons. The molecule has 2 aromatic heterocycles. The molecule has 0 saturated heterocycles.